The van der Waals surface area contributed by atoms with E-state index in [1.165, 1.54) is 0 Å². The first-order chi connectivity index (χ1) is 14.0. The molecule has 7 heteroatoms. The fourth-order valence-corrected chi connectivity index (χ4v) is 4.30. The van der Waals surface area contributed by atoms with Crippen LogP contribution >= 0.6 is 0 Å². The summed E-state index contributed by atoms with van der Waals surface area (Å²) in [6, 6.07) is 7.76. The Morgan fingerprint density at radius 2 is 2.07 bits per heavy atom. The summed E-state index contributed by atoms with van der Waals surface area (Å²) in [4.78, 5) is 23.7. The van der Waals surface area contributed by atoms with Crippen molar-refractivity contribution in [1.29, 1.82) is 5.26 Å². The molecule has 148 valence electrons. The van der Waals surface area contributed by atoms with Gasteiger partial charge in [0.05, 0.1) is 23.4 Å². The lowest BCUT2D eigenvalue weighted by atomic mass is 9.86. The summed E-state index contributed by atoms with van der Waals surface area (Å²) in [6.45, 7) is 5.73. The molecule has 1 aliphatic heterocycles. The van der Waals surface area contributed by atoms with Crippen molar-refractivity contribution in [3.63, 3.8) is 0 Å². The molecule has 2 atom stereocenters. The first-order valence-electron chi connectivity index (χ1n) is 9.86. The molecule has 0 aliphatic carbocycles. The number of fused-ring (bicyclic) bond motifs is 1. The minimum atomic E-state index is 0.171. The Labute approximate surface area is 169 Å². The molecule has 4 rings (SSSR count). The van der Waals surface area contributed by atoms with E-state index in [0.717, 1.165) is 36.4 Å². The largest absolute Gasteiger partial charge is 0.369 e. The van der Waals surface area contributed by atoms with Crippen LogP contribution in [0.25, 0.3) is 11.0 Å². The number of carbonyl (C=O) groups is 1. The van der Waals surface area contributed by atoms with Gasteiger partial charge in [-0.05, 0) is 37.3 Å². The van der Waals surface area contributed by atoms with Crippen LogP contribution in [0.5, 0.6) is 0 Å². The summed E-state index contributed by atoms with van der Waals surface area (Å²) in [5.74, 6) is 1.51. The van der Waals surface area contributed by atoms with E-state index in [4.69, 9.17) is 4.52 Å². The van der Waals surface area contributed by atoms with Crippen LogP contribution in [0.3, 0.4) is 0 Å². The Morgan fingerprint density at radius 1 is 1.28 bits per heavy atom. The van der Waals surface area contributed by atoms with Gasteiger partial charge >= 0.3 is 0 Å². The second-order valence-corrected chi connectivity index (χ2v) is 7.96. The normalized spacial score (nSPS) is 19.3. The van der Waals surface area contributed by atoms with Crippen LogP contribution in [0.15, 0.2) is 35.1 Å². The summed E-state index contributed by atoms with van der Waals surface area (Å²) in [6.07, 6.45) is 5.08. The van der Waals surface area contributed by atoms with Gasteiger partial charge in [0.2, 0.25) is 0 Å². The second-order valence-electron chi connectivity index (χ2n) is 7.96. The monoisotopic (exact) mass is 389 g/mol. The summed E-state index contributed by atoms with van der Waals surface area (Å²) in [7, 11) is 0. The number of benzene rings is 1. The third kappa shape index (κ3) is 4.11. The van der Waals surface area contributed by atoms with Gasteiger partial charge in [0.15, 0.2) is 0 Å². The molecule has 2 aromatic heterocycles. The van der Waals surface area contributed by atoms with Gasteiger partial charge < -0.3 is 9.42 Å². The van der Waals surface area contributed by atoms with Crippen LogP contribution in [0.2, 0.25) is 0 Å². The van der Waals surface area contributed by atoms with Crippen LogP contribution in [0.4, 0.5) is 5.69 Å². The minimum absolute atomic E-state index is 0.171. The Kier molecular flexibility index (Phi) is 5.26. The van der Waals surface area contributed by atoms with E-state index in [9.17, 15) is 10.1 Å². The molecule has 1 fully saturated rings. The van der Waals surface area contributed by atoms with Gasteiger partial charge in [0, 0.05) is 38.0 Å². The number of Topliss-reactive ketones (excluding diaryl/α,β-unsaturated/α-hetero) is 1. The van der Waals surface area contributed by atoms with Crippen molar-refractivity contribution < 1.29 is 9.32 Å². The Hall–Kier alpha value is -3.27. The third-order valence-corrected chi connectivity index (χ3v) is 5.38. The summed E-state index contributed by atoms with van der Waals surface area (Å²) < 4.78 is 5.18. The number of anilines is 1. The molecule has 29 heavy (non-hydrogen) atoms. The van der Waals surface area contributed by atoms with Crippen molar-refractivity contribution in [2.45, 2.75) is 33.1 Å². The lowest BCUT2D eigenvalue weighted by molar-refractivity contribution is -0.119. The zero-order chi connectivity index (χ0) is 20.4. The van der Waals surface area contributed by atoms with Gasteiger partial charge in [-0.15, -0.1) is 0 Å². The van der Waals surface area contributed by atoms with Crippen LogP contribution in [-0.2, 0) is 11.2 Å². The quantitative estimate of drug-likeness (QED) is 0.659. The number of hydrogen-bond donors (Lipinski definition) is 0. The van der Waals surface area contributed by atoms with Crippen LogP contribution in [0, 0.1) is 30.1 Å². The van der Waals surface area contributed by atoms with Crippen molar-refractivity contribution in [3.05, 3.63) is 47.6 Å². The smallest absolute Gasteiger partial charge is 0.144 e. The number of carbonyl (C=O) groups excluding carboxylic acids is 1. The average molecular weight is 389 g/mol. The maximum atomic E-state index is 12.6. The van der Waals surface area contributed by atoms with E-state index in [1.807, 2.05) is 19.1 Å². The SMILES string of the molecule is Cc1cc(CC(=O)C[C@@H]2C[C@H](C)CN(c3ccc(C#N)c4nccnc34)C2)on1. The van der Waals surface area contributed by atoms with Gasteiger partial charge in [0.25, 0.3) is 0 Å². The van der Waals surface area contributed by atoms with Crippen molar-refractivity contribution in [1.82, 2.24) is 15.1 Å². The summed E-state index contributed by atoms with van der Waals surface area (Å²) in [5.41, 5.74) is 3.65. The highest BCUT2D eigenvalue weighted by molar-refractivity contribution is 5.92. The Balaban J connectivity index is 1.53. The molecule has 0 saturated carbocycles. The molecule has 0 amide bonds. The molecule has 1 aromatic carbocycles. The summed E-state index contributed by atoms with van der Waals surface area (Å²) >= 11 is 0. The first kappa shape index (κ1) is 19.1. The standard InChI is InChI=1S/C22H23N5O2/c1-14-7-16(9-18(28)10-19-8-15(2)26-29-19)13-27(12-14)20-4-3-17(11-23)21-22(20)25-6-5-24-21/h3-6,8,14,16H,7,9-10,12-13H2,1-2H3/t14-,16-/m0/s1. The van der Waals surface area contributed by atoms with Crippen molar-refractivity contribution in [3.8, 4) is 6.07 Å². The van der Waals surface area contributed by atoms with Gasteiger partial charge in [-0.25, -0.2) is 0 Å². The second kappa shape index (κ2) is 8.00. The van der Waals surface area contributed by atoms with E-state index in [1.54, 1.807) is 18.5 Å². The fourth-order valence-electron chi connectivity index (χ4n) is 4.30. The van der Waals surface area contributed by atoms with Gasteiger partial charge in [0.1, 0.15) is 28.6 Å². The van der Waals surface area contributed by atoms with E-state index in [2.05, 4.69) is 33.0 Å². The first-order valence-corrected chi connectivity index (χ1v) is 9.86. The van der Waals surface area contributed by atoms with Crippen LogP contribution < -0.4 is 4.90 Å². The number of piperidine rings is 1. The minimum Gasteiger partial charge on any atom is -0.369 e. The molecular weight excluding hydrogens is 366 g/mol. The van der Waals surface area contributed by atoms with Gasteiger partial charge in [-0.3, -0.25) is 14.8 Å². The number of rotatable bonds is 5. The van der Waals surface area contributed by atoms with E-state index < -0.39 is 0 Å². The van der Waals surface area contributed by atoms with Crippen molar-refractivity contribution in [2.75, 3.05) is 18.0 Å². The molecule has 1 aliphatic rings. The number of hydrogen-bond acceptors (Lipinski definition) is 7. The highest BCUT2D eigenvalue weighted by atomic mass is 16.5. The predicted octanol–water partition coefficient (Wildman–Crippen LogP) is 3.46. The van der Waals surface area contributed by atoms with Crippen LogP contribution in [0.1, 0.15) is 36.8 Å². The number of ketones is 1. The maximum absolute atomic E-state index is 12.6. The molecule has 3 heterocycles. The van der Waals surface area contributed by atoms with Crippen molar-refractivity contribution >= 4 is 22.5 Å². The maximum Gasteiger partial charge on any atom is 0.144 e. The Bertz CT molecular complexity index is 1080. The highest BCUT2D eigenvalue weighted by Gasteiger charge is 2.28. The number of aryl methyl sites for hydroxylation is 1. The van der Waals surface area contributed by atoms with Crippen molar-refractivity contribution in [2.24, 2.45) is 11.8 Å². The molecule has 3 aromatic rings. The molecule has 0 unspecified atom stereocenters. The number of nitrogens with zero attached hydrogens (tertiary/aromatic N) is 5. The molecule has 0 bridgehead atoms. The average Bonchev–Trinajstić information content (AvgIpc) is 3.11. The van der Waals surface area contributed by atoms with E-state index in [0.29, 0.717) is 29.2 Å². The molecule has 0 spiro atoms. The number of nitriles is 1. The highest BCUT2D eigenvalue weighted by Crippen LogP contribution is 2.33. The lowest BCUT2D eigenvalue weighted by Crippen LogP contribution is -2.40. The van der Waals surface area contributed by atoms with E-state index >= 15 is 0 Å². The molecular formula is C22H23N5O2. The predicted molar refractivity (Wildman–Crippen MR) is 108 cm³/mol. The van der Waals surface area contributed by atoms with Gasteiger partial charge in [-0.2, -0.15) is 5.26 Å². The number of aromatic nitrogens is 3. The Morgan fingerprint density at radius 3 is 2.79 bits per heavy atom. The summed E-state index contributed by atoms with van der Waals surface area (Å²) in [5, 5.41) is 13.2. The van der Waals surface area contributed by atoms with Gasteiger partial charge in [-0.1, -0.05) is 12.1 Å². The molecule has 0 radical (unpaired) electrons. The van der Waals surface area contributed by atoms with E-state index in [-0.39, 0.29) is 18.1 Å². The fraction of sp³-hybridized carbons (Fsp3) is 0.409. The molecule has 1 saturated heterocycles. The topological polar surface area (TPSA) is 95.9 Å². The zero-order valence-corrected chi connectivity index (χ0v) is 16.6. The zero-order valence-electron chi connectivity index (χ0n) is 16.6. The third-order valence-electron chi connectivity index (χ3n) is 5.38. The molecule has 0 N–H and O–H groups in total. The molecule has 7 nitrogen and oxygen atoms in total. The van der Waals surface area contributed by atoms with Crippen LogP contribution in [-0.4, -0.2) is 34.0 Å². The lowest BCUT2D eigenvalue weighted by Gasteiger charge is -2.38.